The molecule has 0 radical (unpaired) electrons. The zero-order chi connectivity index (χ0) is 9.71. The van der Waals surface area contributed by atoms with Crippen molar-refractivity contribution in [2.75, 3.05) is 6.54 Å². The lowest BCUT2D eigenvalue weighted by molar-refractivity contribution is -0.0568. The van der Waals surface area contributed by atoms with Crippen LogP contribution in [-0.2, 0) is 0 Å². The van der Waals surface area contributed by atoms with Gasteiger partial charge in [-0.3, -0.25) is 0 Å². The Morgan fingerprint density at radius 1 is 1.00 bits per heavy atom. The topological polar surface area (TPSA) is 26.0 Å². The molecule has 4 aliphatic carbocycles. The Hall–Kier alpha value is -0.0400. The molecular weight excluding hydrogens is 170 g/mol. The first-order chi connectivity index (χ1) is 6.78. The molecule has 80 valence electrons. The summed E-state index contributed by atoms with van der Waals surface area (Å²) in [5.41, 5.74) is 5.85. The maximum absolute atomic E-state index is 5.85. The summed E-state index contributed by atoms with van der Waals surface area (Å²) in [4.78, 5) is 0. The smallest absolute Gasteiger partial charge is 0.00487 e. The lowest BCUT2D eigenvalue weighted by Gasteiger charge is -2.56. The minimum absolute atomic E-state index is 0.782. The second kappa shape index (κ2) is 3.23. The van der Waals surface area contributed by atoms with Crippen molar-refractivity contribution in [2.45, 2.75) is 39.0 Å². The van der Waals surface area contributed by atoms with Crippen molar-refractivity contribution in [3.63, 3.8) is 0 Å². The molecule has 4 bridgehead atoms. The fourth-order valence-electron chi connectivity index (χ4n) is 5.05. The van der Waals surface area contributed by atoms with Crippen LogP contribution in [0.3, 0.4) is 0 Å². The van der Waals surface area contributed by atoms with Gasteiger partial charge in [0, 0.05) is 0 Å². The van der Waals surface area contributed by atoms with Crippen LogP contribution in [0.5, 0.6) is 0 Å². The van der Waals surface area contributed by atoms with E-state index < -0.39 is 0 Å². The first-order valence-corrected chi connectivity index (χ1v) is 6.48. The molecule has 4 aliphatic rings. The lowest BCUT2D eigenvalue weighted by atomic mass is 9.50. The van der Waals surface area contributed by atoms with E-state index in [2.05, 4.69) is 6.92 Å². The molecule has 0 spiro atoms. The first-order valence-electron chi connectivity index (χ1n) is 6.48. The van der Waals surface area contributed by atoms with Gasteiger partial charge in [0.1, 0.15) is 0 Å². The van der Waals surface area contributed by atoms with Crippen LogP contribution in [0, 0.1) is 35.5 Å². The Bertz CT molecular complexity index is 195. The van der Waals surface area contributed by atoms with E-state index in [1.807, 2.05) is 0 Å². The molecule has 0 aromatic heterocycles. The van der Waals surface area contributed by atoms with Crippen LogP contribution in [0.4, 0.5) is 0 Å². The summed E-state index contributed by atoms with van der Waals surface area (Å²) < 4.78 is 0. The van der Waals surface area contributed by atoms with Crippen LogP contribution < -0.4 is 5.73 Å². The van der Waals surface area contributed by atoms with Crippen molar-refractivity contribution >= 4 is 0 Å². The van der Waals surface area contributed by atoms with Gasteiger partial charge in [-0.2, -0.15) is 0 Å². The first kappa shape index (κ1) is 9.21. The molecule has 0 aromatic rings. The van der Waals surface area contributed by atoms with Crippen molar-refractivity contribution in [1.82, 2.24) is 0 Å². The number of rotatable bonds is 2. The van der Waals surface area contributed by atoms with Crippen LogP contribution in [0.2, 0.25) is 0 Å². The van der Waals surface area contributed by atoms with E-state index in [9.17, 15) is 0 Å². The lowest BCUT2D eigenvalue weighted by Crippen LogP contribution is -2.48. The third kappa shape index (κ3) is 1.25. The third-order valence-electron chi connectivity index (χ3n) is 5.33. The summed E-state index contributed by atoms with van der Waals surface area (Å²) in [6, 6.07) is 0. The van der Waals surface area contributed by atoms with Crippen LogP contribution in [0.15, 0.2) is 0 Å². The van der Waals surface area contributed by atoms with Gasteiger partial charge in [0.05, 0.1) is 0 Å². The SMILES string of the molecule is C[C@H](CN)C1C2CC3CC(C2)CC1C3. The summed E-state index contributed by atoms with van der Waals surface area (Å²) in [5.74, 6) is 6.12. The minimum Gasteiger partial charge on any atom is -0.330 e. The van der Waals surface area contributed by atoms with Crippen LogP contribution in [0.1, 0.15) is 39.0 Å². The van der Waals surface area contributed by atoms with Crippen LogP contribution in [-0.4, -0.2) is 6.54 Å². The molecule has 1 heteroatoms. The van der Waals surface area contributed by atoms with Crippen molar-refractivity contribution in [1.29, 1.82) is 0 Å². The van der Waals surface area contributed by atoms with E-state index in [1.54, 1.807) is 32.1 Å². The standard InChI is InChI=1S/C13H23N/c1-8(7-14)13-11-3-9-2-10(5-11)6-12(13)4-9/h8-13H,2-7,14H2,1H3/t8-,9?,10?,11?,12?,13?/m1/s1. The quantitative estimate of drug-likeness (QED) is 0.717. The Balaban J connectivity index is 1.81. The van der Waals surface area contributed by atoms with E-state index in [-0.39, 0.29) is 0 Å². The highest BCUT2D eigenvalue weighted by Gasteiger charge is 2.49. The second-order valence-corrected chi connectivity index (χ2v) is 6.22. The predicted octanol–water partition coefficient (Wildman–Crippen LogP) is 2.65. The molecule has 0 unspecified atom stereocenters. The number of nitrogens with two attached hydrogens (primary N) is 1. The number of hydrogen-bond donors (Lipinski definition) is 1. The van der Waals surface area contributed by atoms with Crippen molar-refractivity contribution < 1.29 is 0 Å². The van der Waals surface area contributed by atoms with E-state index in [0.717, 1.165) is 42.1 Å². The van der Waals surface area contributed by atoms with Gasteiger partial charge >= 0.3 is 0 Å². The molecule has 1 nitrogen and oxygen atoms in total. The molecule has 4 rings (SSSR count). The van der Waals surface area contributed by atoms with E-state index in [0.29, 0.717) is 0 Å². The van der Waals surface area contributed by atoms with Crippen molar-refractivity contribution in [3.05, 3.63) is 0 Å². The molecule has 4 fully saturated rings. The number of hydrogen-bond acceptors (Lipinski definition) is 1. The van der Waals surface area contributed by atoms with Gasteiger partial charge in [-0.15, -0.1) is 0 Å². The van der Waals surface area contributed by atoms with Crippen molar-refractivity contribution in [3.8, 4) is 0 Å². The summed E-state index contributed by atoms with van der Waals surface area (Å²) in [7, 11) is 0. The zero-order valence-corrected chi connectivity index (χ0v) is 9.28. The predicted molar refractivity (Wildman–Crippen MR) is 58.8 cm³/mol. The van der Waals surface area contributed by atoms with Gasteiger partial charge in [-0.1, -0.05) is 6.92 Å². The normalized spacial score (nSPS) is 52.3. The van der Waals surface area contributed by atoms with E-state index in [1.165, 1.54) is 0 Å². The summed E-state index contributed by atoms with van der Waals surface area (Å²) in [5, 5.41) is 0. The van der Waals surface area contributed by atoms with Gasteiger partial charge in [0.15, 0.2) is 0 Å². The van der Waals surface area contributed by atoms with E-state index in [4.69, 9.17) is 5.73 Å². The van der Waals surface area contributed by atoms with Gasteiger partial charge in [-0.25, -0.2) is 0 Å². The Morgan fingerprint density at radius 2 is 1.50 bits per heavy atom. The molecule has 0 aromatic carbocycles. The zero-order valence-electron chi connectivity index (χ0n) is 9.28. The van der Waals surface area contributed by atoms with Crippen molar-refractivity contribution in [2.24, 2.45) is 41.2 Å². The highest BCUT2D eigenvalue weighted by molar-refractivity contribution is 4.99. The summed E-state index contributed by atoms with van der Waals surface area (Å²) in [6.45, 7) is 3.29. The van der Waals surface area contributed by atoms with Crippen LogP contribution >= 0.6 is 0 Å². The highest BCUT2D eigenvalue weighted by atomic mass is 14.6. The summed E-state index contributed by atoms with van der Waals surface area (Å²) >= 11 is 0. The highest BCUT2D eigenvalue weighted by Crippen LogP contribution is 2.58. The Kier molecular flexibility index (Phi) is 2.12. The minimum atomic E-state index is 0.782. The monoisotopic (exact) mass is 193 g/mol. The van der Waals surface area contributed by atoms with Gasteiger partial charge in [0.25, 0.3) is 0 Å². The molecule has 2 N–H and O–H groups in total. The Labute approximate surface area is 87.4 Å². The van der Waals surface area contributed by atoms with Crippen LogP contribution in [0.25, 0.3) is 0 Å². The van der Waals surface area contributed by atoms with Gasteiger partial charge in [-0.05, 0) is 74.2 Å². The molecule has 1 atom stereocenters. The average Bonchev–Trinajstić information content (AvgIpc) is 2.15. The van der Waals surface area contributed by atoms with Gasteiger partial charge < -0.3 is 5.73 Å². The third-order valence-corrected chi connectivity index (χ3v) is 5.33. The molecule has 0 amide bonds. The molecule has 0 heterocycles. The fraction of sp³-hybridized carbons (Fsp3) is 1.00. The molecule has 0 saturated heterocycles. The Morgan fingerprint density at radius 3 is 1.93 bits per heavy atom. The molecular formula is C13H23N. The maximum Gasteiger partial charge on any atom is -0.00487 e. The second-order valence-electron chi connectivity index (χ2n) is 6.22. The summed E-state index contributed by atoms with van der Waals surface area (Å²) in [6.07, 6.45) is 7.74. The maximum atomic E-state index is 5.85. The molecule has 14 heavy (non-hydrogen) atoms. The fourth-order valence-corrected chi connectivity index (χ4v) is 5.05. The molecule has 0 aliphatic heterocycles. The van der Waals surface area contributed by atoms with E-state index >= 15 is 0 Å². The van der Waals surface area contributed by atoms with Gasteiger partial charge in [0.2, 0.25) is 0 Å². The average molecular weight is 193 g/mol. The molecule has 4 saturated carbocycles. The largest absolute Gasteiger partial charge is 0.330 e.